The van der Waals surface area contributed by atoms with Crippen LogP contribution in [0.15, 0.2) is 24.4 Å². The third-order valence-electron chi connectivity index (χ3n) is 4.78. The number of hydrogen-bond acceptors (Lipinski definition) is 3. The third-order valence-corrected chi connectivity index (χ3v) is 4.78. The maximum absolute atomic E-state index is 11.5. The molecule has 21 heavy (non-hydrogen) atoms. The number of pyridine rings is 1. The summed E-state index contributed by atoms with van der Waals surface area (Å²) in [6.45, 7) is 3.02. The fourth-order valence-electron chi connectivity index (χ4n) is 3.37. The SMILES string of the molecule is CCC1(CNc2nc3ccccn3c2C(=O)O)CCCC1. The first kappa shape index (κ1) is 13.9. The first-order chi connectivity index (χ1) is 10.2. The van der Waals surface area contributed by atoms with E-state index in [4.69, 9.17) is 0 Å². The maximum atomic E-state index is 11.5. The molecule has 5 nitrogen and oxygen atoms in total. The van der Waals surface area contributed by atoms with E-state index in [0.717, 1.165) is 13.0 Å². The van der Waals surface area contributed by atoms with Gasteiger partial charge in [-0.25, -0.2) is 9.78 Å². The molecule has 1 aliphatic rings. The van der Waals surface area contributed by atoms with Crippen LogP contribution in [0.3, 0.4) is 0 Å². The Morgan fingerprint density at radius 1 is 1.43 bits per heavy atom. The van der Waals surface area contributed by atoms with Crippen molar-refractivity contribution in [3.8, 4) is 0 Å². The molecule has 0 atom stereocenters. The highest BCUT2D eigenvalue weighted by molar-refractivity contribution is 5.92. The molecule has 0 aliphatic heterocycles. The van der Waals surface area contributed by atoms with Gasteiger partial charge in [0.15, 0.2) is 11.5 Å². The Balaban J connectivity index is 1.90. The van der Waals surface area contributed by atoms with Gasteiger partial charge >= 0.3 is 5.97 Å². The van der Waals surface area contributed by atoms with Crippen LogP contribution in [-0.2, 0) is 0 Å². The molecule has 2 N–H and O–H groups in total. The number of aromatic carboxylic acids is 1. The van der Waals surface area contributed by atoms with E-state index in [-0.39, 0.29) is 5.69 Å². The van der Waals surface area contributed by atoms with Gasteiger partial charge in [0.25, 0.3) is 0 Å². The fraction of sp³-hybridized carbons (Fsp3) is 0.500. The second kappa shape index (κ2) is 5.39. The molecule has 0 bridgehead atoms. The summed E-state index contributed by atoms with van der Waals surface area (Å²) in [4.78, 5) is 16.0. The molecule has 1 fully saturated rings. The first-order valence-electron chi connectivity index (χ1n) is 7.59. The molecule has 2 aromatic heterocycles. The fourth-order valence-corrected chi connectivity index (χ4v) is 3.37. The number of carboxylic acid groups (broad SMARTS) is 1. The van der Waals surface area contributed by atoms with Gasteiger partial charge < -0.3 is 10.4 Å². The summed E-state index contributed by atoms with van der Waals surface area (Å²) >= 11 is 0. The van der Waals surface area contributed by atoms with E-state index < -0.39 is 5.97 Å². The molecule has 0 amide bonds. The molecule has 0 aromatic carbocycles. The van der Waals surface area contributed by atoms with E-state index in [1.54, 1.807) is 10.6 Å². The lowest BCUT2D eigenvalue weighted by Gasteiger charge is -2.27. The number of imidazole rings is 1. The topological polar surface area (TPSA) is 66.6 Å². The Morgan fingerprint density at radius 3 is 2.86 bits per heavy atom. The zero-order valence-corrected chi connectivity index (χ0v) is 12.3. The van der Waals surface area contributed by atoms with E-state index in [9.17, 15) is 9.90 Å². The van der Waals surface area contributed by atoms with Crippen molar-refractivity contribution in [1.82, 2.24) is 9.38 Å². The van der Waals surface area contributed by atoms with E-state index >= 15 is 0 Å². The predicted molar refractivity (Wildman–Crippen MR) is 81.8 cm³/mol. The van der Waals surface area contributed by atoms with Crippen molar-refractivity contribution in [3.05, 3.63) is 30.1 Å². The van der Waals surface area contributed by atoms with Crippen LogP contribution in [0.25, 0.3) is 5.65 Å². The summed E-state index contributed by atoms with van der Waals surface area (Å²) in [7, 11) is 0. The van der Waals surface area contributed by atoms with E-state index in [1.807, 2.05) is 18.2 Å². The van der Waals surface area contributed by atoms with Gasteiger partial charge in [-0.1, -0.05) is 25.8 Å². The van der Waals surface area contributed by atoms with Crippen molar-refractivity contribution in [2.75, 3.05) is 11.9 Å². The van der Waals surface area contributed by atoms with Crippen molar-refractivity contribution in [3.63, 3.8) is 0 Å². The molecule has 1 aliphatic carbocycles. The maximum Gasteiger partial charge on any atom is 0.356 e. The van der Waals surface area contributed by atoms with Crippen molar-refractivity contribution >= 4 is 17.4 Å². The number of carbonyl (C=O) groups is 1. The Morgan fingerprint density at radius 2 is 2.19 bits per heavy atom. The predicted octanol–water partition coefficient (Wildman–Crippen LogP) is 3.41. The summed E-state index contributed by atoms with van der Waals surface area (Å²) in [5, 5.41) is 12.8. The van der Waals surface area contributed by atoms with Crippen molar-refractivity contribution in [2.45, 2.75) is 39.0 Å². The lowest BCUT2D eigenvalue weighted by molar-refractivity contribution is 0.0690. The van der Waals surface area contributed by atoms with E-state index in [1.165, 1.54) is 25.7 Å². The smallest absolute Gasteiger partial charge is 0.356 e. The van der Waals surface area contributed by atoms with E-state index in [2.05, 4.69) is 17.2 Å². The molecule has 2 aromatic rings. The van der Waals surface area contributed by atoms with Crippen LogP contribution in [0.2, 0.25) is 0 Å². The summed E-state index contributed by atoms with van der Waals surface area (Å²) < 4.78 is 1.62. The van der Waals surface area contributed by atoms with Crippen LogP contribution >= 0.6 is 0 Å². The second-order valence-corrected chi connectivity index (χ2v) is 5.96. The molecule has 3 rings (SSSR count). The number of fused-ring (bicyclic) bond motifs is 1. The average molecular weight is 287 g/mol. The molecule has 0 radical (unpaired) electrons. The zero-order chi connectivity index (χ0) is 14.9. The van der Waals surface area contributed by atoms with Gasteiger partial charge in [-0.3, -0.25) is 4.40 Å². The van der Waals surface area contributed by atoms with Gasteiger partial charge in [0, 0.05) is 12.7 Å². The number of nitrogens with zero attached hydrogens (tertiary/aromatic N) is 2. The number of carboxylic acids is 1. The van der Waals surface area contributed by atoms with Gasteiger partial charge in [0.2, 0.25) is 0 Å². The largest absolute Gasteiger partial charge is 0.476 e. The van der Waals surface area contributed by atoms with Crippen molar-refractivity contribution in [1.29, 1.82) is 0 Å². The Labute approximate surface area is 124 Å². The molecule has 0 unspecified atom stereocenters. The highest BCUT2D eigenvalue weighted by atomic mass is 16.4. The molecule has 1 saturated carbocycles. The minimum Gasteiger partial charge on any atom is -0.476 e. The molecule has 0 saturated heterocycles. The number of rotatable bonds is 5. The molecular weight excluding hydrogens is 266 g/mol. The average Bonchev–Trinajstić information content (AvgIpc) is 3.09. The second-order valence-electron chi connectivity index (χ2n) is 5.96. The first-order valence-corrected chi connectivity index (χ1v) is 7.59. The quantitative estimate of drug-likeness (QED) is 0.884. The standard InChI is InChI=1S/C16H21N3O2/c1-2-16(8-4-5-9-16)11-17-14-13(15(20)21)19-10-6-3-7-12(19)18-14/h3,6-7,10,17H,2,4-5,8-9,11H2,1H3,(H,20,21). The van der Waals surface area contributed by atoms with E-state index in [0.29, 0.717) is 16.9 Å². The molecular formula is C16H21N3O2. The van der Waals surface area contributed by atoms with Crippen LogP contribution in [0, 0.1) is 5.41 Å². The monoisotopic (exact) mass is 287 g/mol. The van der Waals surface area contributed by atoms with Crippen LogP contribution in [0.5, 0.6) is 0 Å². The minimum absolute atomic E-state index is 0.217. The van der Waals surface area contributed by atoms with Crippen LogP contribution in [-0.4, -0.2) is 27.0 Å². The van der Waals surface area contributed by atoms with Crippen LogP contribution < -0.4 is 5.32 Å². The number of anilines is 1. The highest BCUT2D eigenvalue weighted by Gasteiger charge is 2.32. The Kier molecular flexibility index (Phi) is 3.57. The van der Waals surface area contributed by atoms with Gasteiger partial charge in [-0.2, -0.15) is 0 Å². The summed E-state index contributed by atoms with van der Waals surface area (Å²) in [6.07, 6.45) is 7.83. The summed E-state index contributed by atoms with van der Waals surface area (Å²) in [6, 6.07) is 5.50. The van der Waals surface area contributed by atoms with Crippen molar-refractivity contribution < 1.29 is 9.90 Å². The molecule has 2 heterocycles. The normalized spacial score (nSPS) is 17.2. The molecule has 5 heteroatoms. The highest BCUT2D eigenvalue weighted by Crippen LogP contribution is 2.41. The van der Waals surface area contributed by atoms with Gasteiger partial charge in [0.1, 0.15) is 5.65 Å². The lowest BCUT2D eigenvalue weighted by atomic mass is 9.83. The zero-order valence-electron chi connectivity index (χ0n) is 12.3. The van der Waals surface area contributed by atoms with Crippen LogP contribution in [0.1, 0.15) is 49.5 Å². The third kappa shape index (κ3) is 2.48. The van der Waals surface area contributed by atoms with Gasteiger partial charge in [0.05, 0.1) is 0 Å². The number of hydrogen-bond donors (Lipinski definition) is 2. The number of aromatic nitrogens is 2. The summed E-state index contributed by atoms with van der Waals surface area (Å²) in [5.74, 6) is -0.471. The lowest BCUT2D eigenvalue weighted by Crippen LogP contribution is -2.26. The minimum atomic E-state index is -0.951. The summed E-state index contributed by atoms with van der Waals surface area (Å²) in [5.41, 5.74) is 1.18. The Hall–Kier alpha value is -2.04. The Bertz CT molecular complexity index is 657. The molecule has 0 spiro atoms. The van der Waals surface area contributed by atoms with Gasteiger partial charge in [-0.15, -0.1) is 0 Å². The van der Waals surface area contributed by atoms with Crippen LogP contribution in [0.4, 0.5) is 5.82 Å². The van der Waals surface area contributed by atoms with Crippen molar-refractivity contribution in [2.24, 2.45) is 5.41 Å². The van der Waals surface area contributed by atoms with Gasteiger partial charge in [-0.05, 0) is 36.8 Å². The number of nitrogens with one attached hydrogen (secondary N) is 1. The molecule has 112 valence electrons.